The Kier molecular flexibility index (Phi) is 7.56. The lowest BCUT2D eigenvalue weighted by molar-refractivity contribution is -0.121. The van der Waals surface area contributed by atoms with E-state index in [9.17, 15) is 13.2 Å². The molecule has 0 radical (unpaired) electrons. The third kappa shape index (κ3) is 6.96. The Balaban J connectivity index is 1.55. The molecule has 0 aliphatic carbocycles. The highest BCUT2D eigenvalue weighted by molar-refractivity contribution is 7.92. The Morgan fingerprint density at radius 3 is 2.27 bits per heavy atom. The number of para-hydroxylation sites is 1. The van der Waals surface area contributed by atoms with Gasteiger partial charge in [0.15, 0.2) is 11.7 Å². The van der Waals surface area contributed by atoms with E-state index in [1.165, 1.54) is 24.3 Å². The number of thiocarbonyl (C=S) groups is 1. The van der Waals surface area contributed by atoms with E-state index in [1.807, 2.05) is 25.1 Å². The molecule has 0 aliphatic heterocycles. The number of aromatic nitrogens is 2. The maximum atomic E-state index is 12.6. The van der Waals surface area contributed by atoms with Gasteiger partial charge in [-0.25, -0.2) is 23.1 Å². The molecule has 1 heterocycles. The van der Waals surface area contributed by atoms with E-state index in [2.05, 4.69) is 25.3 Å². The summed E-state index contributed by atoms with van der Waals surface area (Å²) in [6.45, 7) is 5.19. The van der Waals surface area contributed by atoms with E-state index in [1.54, 1.807) is 26.0 Å². The normalized spacial score (nSPS) is 10.9. The number of anilines is 2. The van der Waals surface area contributed by atoms with Crippen LogP contribution in [0, 0.1) is 20.8 Å². The van der Waals surface area contributed by atoms with Crippen LogP contribution in [-0.2, 0) is 14.8 Å². The lowest BCUT2D eigenvalue weighted by Crippen LogP contribution is -2.37. The third-order valence-electron chi connectivity index (χ3n) is 4.34. The molecule has 3 N–H and O–H groups in total. The molecule has 11 heteroatoms. The maximum Gasteiger partial charge on any atom is 0.264 e. The van der Waals surface area contributed by atoms with Crippen LogP contribution >= 0.6 is 12.2 Å². The molecule has 0 bridgehead atoms. The zero-order chi connectivity index (χ0) is 24.0. The van der Waals surface area contributed by atoms with Crippen LogP contribution in [0.1, 0.15) is 17.0 Å². The number of hydrogen-bond donors (Lipinski definition) is 3. The van der Waals surface area contributed by atoms with Crippen molar-refractivity contribution in [3.63, 3.8) is 0 Å². The van der Waals surface area contributed by atoms with Gasteiger partial charge in [0.2, 0.25) is 5.95 Å². The third-order valence-corrected chi connectivity index (χ3v) is 5.88. The summed E-state index contributed by atoms with van der Waals surface area (Å²) in [4.78, 5) is 20.3. The summed E-state index contributed by atoms with van der Waals surface area (Å²) in [6.07, 6.45) is 0. The van der Waals surface area contributed by atoms with Crippen molar-refractivity contribution in [2.75, 3.05) is 16.6 Å². The molecule has 33 heavy (non-hydrogen) atoms. The molecule has 1 amide bonds. The molecule has 3 aromatic rings. The second-order valence-electron chi connectivity index (χ2n) is 7.16. The fourth-order valence-corrected chi connectivity index (χ4v) is 4.03. The van der Waals surface area contributed by atoms with Crippen molar-refractivity contribution in [3.05, 3.63) is 71.5 Å². The quantitative estimate of drug-likeness (QED) is 0.437. The Hall–Kier alpha value is -3.57. The molecule has 0 spiro atoms. The summed E-state index contributed by atoms with van der Waals surface area (Å²) in [5, 5.41) is 5.41. The summed E-state index contributed by atoms with van der Waals surface area (Å²) in [6, 6.07) is 15.0. The lowest BCUT2D eigenvalue weighted by atomic mass is 10.2. The number of rotatable bonds is 7. The van der Waals surface area contributed by atoms with Crippen molar-refractivity contribution in [1.82, 2.24) is 15.3 Å². The SMILES string of the molecule is Cc1cc(C)nc(NS(=O)(=O)c2ccc(NC(=S)NC(=O)COc3ccccc3C)cc2)n1. The van der Waals surface area contributed by atoms with Crippen molar-refractivity contribution in [2.24, 2.45) is 0 Å². The molecule has 0 saturated heterocycles. The Morgan fingerprint density at radius 1 is 1.00 bits per heavy atom. The van der Waals surface area contributed by atoms with Crippen LogP contribution in [0.3, 0.4) is 0 Å². The first-order chi connectivity index (χ1) is 15.6. The van der Waals surface area contributed by atoms with E-state index in [4.69, 9.17) is 17.0 Å². The fraction of sp³-hybridized carbons (Fsp3) is 0.182. The monoisotopic (exact) mass is 485 g/mol. The number of benzene rings is 2. The number of nitrogens with one attached hydrogen (secondary N) is 3. The van der Waals surface area contributed by atoms with E-state index in [0.717, 1.165) is 5.56 Å². The first kappa shape index (κ1) is 24.1. The predicted molar refractivity (Wildman–Crippen MR) is 130 cm³/mol. The van der Waals surface area contributed by atoms with E-state index >= 15 is 0 Å². The Morgan fingerprint density at radius 2 is 1.64 bits per heavy atom. The minimum atomic E-state index is -3.87. The van der Waals surface area contributed by atoms with Crippen molar-refractivity contribution < 1.29 is 17.9 Å². The maximum absolute atomic E-state index is 12.6. The lowest BCUT2D eigenvalue weighted by Gasteiger charge is -2.12. The molecule has 172 valence electrons. The van der Waals surface area contributed by atoms with Crippen molar-refractivity contribution in [2.45, 2.75) is 25.7 Å². The van der Waals surface area contributed by atoms with Crippen LogP contribution in [0.2, 0.25) is 0 Å². The molecule has 0 unspecified atom stereocenters. The predicted octanol–water partition coefficient (Wildman–Crippen LogP) is 3.09. The minimum absolute atomic E-state index is 0.00603. The van der Waals surface area contributed by atoms with Gasteiger partial charge in [0.05, 0.1) is 4.90 Å². The van der Waals surface area contributed by atoms with Crippen LogP contribution in [0.15, 0.2) is 59.5 Å². The van der Waals surface area contributed by atoms with Gasteiger partial charge >= 0.3 is 0 Å². The molecule has 0 fully saturated rings. The second kappa shape index (κ2) is 10.4. The van der Waals surface area contributed by atoms with Crippen LogP contribution in [0.25, 0.3) is 0 Å². The largest absolute Gasteiger partial charge is 0.483 e. The molecular formula is C22H23N5O4S2. The van der Waals surface area contributed by atoms with Crippen LogP contribution in [-0.4, -0.2) is 36.0 Å². The highest BCUT2D eigenvalue weighted by atomic mass is 32.2. The van der Waals surface area contributed by atoms with Crippen LogP contribution in [0.5, 0.6) is 5.75 Å². The molecule has 3 rings (SSSR count). The van der Waals surface area contributed by atoms with Crippen molar-refractivity contribution in [3.8, 4) is 5.75 Å². The Bertz CT molecular complexity index is 1260. The zero-order valence-corrected chi connectivity index (χ0v) is 19.9. The van der Waals surface area contributed by atoms with E-state index in [-0.39, 0.29) is 22.6 Å². The number of amides is 1. The number of aryl methyl sites for hydroxylation is 3. The van der Waals surface area contributed by atoms with Crippen molar-refractivity contribution in [1.29, 1.82) is 0 Å². The minimum Gasteiger partial charge on any atom is -0.483 e. The molecule has 1 aromatic heterocycles. The van der Waals surface area contributed by atoms with Gasteiger partial charge in [-0.05, 0) is 75.0 Å². The smallest absolute Gasteiger partial charge is 0.264 e. The average molecular weight is 486 g/mol. The molecule has 0 saturated carbocycles. The second-order valence-corrected chi connectivity index (χ2v) is 9.25. The van der Waals surface area contributed by atoms with Crippen LogP contribution in [0.4, 0.5) is 11.6 Å². The standard InChI is InChI=1S/C22H23N5O4S2/c1-14-6-4-5-7-19(14)31-13-20(28)26-22(32)25-17-8-10-18(11-9-17)33(29,30)27-21-23-15(2)12-16(3)24-21/h4-12H,13H2,1-3H3,(H,23,24,27)(H2,25,26,28,32). The summed E-state index contributed by atoms with van der Waals surface area (Å²) in [7, 11) is -3.87. The summed E-state index contributed by atoms with van der Waals surface area (Å²) in [5.74, 6) is 0.197. The van der Waals surface area contributed by atoms with Gasteiger partial charge < -0.3 is 10.1 Å². The molecule has 0 atom stereocenters. The summed E-state index contributed by atoms with van der Waals surface area (Å²) >= 11 is 5.14. The number of hydrogen-bond acceptors (Lipinski definition) is 7. The van der Waals surface area contributed by atoms with Gasteiger partial charge in [0.25, 0.3) is 15.9 Å². The summed E-state index contributed by atoms with van der Waals surface area (Å²) < 4.78 is 33.1. The number of nitrogens with zero attached hydrogens (tertiary/aromatic N) is 2. The summed E-state index contributed by atoms with van der Waals surface area (Å²) in [5.41, 5.74) is 2.72. The number of carbonyl (C=O) groups is 1. The van der Waals surface area contributed by atoms with Crippen LogP contribution < -0.4 is 20.1 Å². The zero-order valence-electron chi connectivity index (χ0n) is 18.2. The van der Waals surface area contributed by atoms with Gasteiger partial charge in [-0.15, -0.1) is 0 Å². The number of ether oxygens (including phenoxy) is 1. The number of sulfonamides is 1. The Labute approximate surface area is 197 Å². The highest BCUT2D eigenvalue weighted by Crippen LogP contribution is 2.18. The van der Waals surface area contributed by atoms with Gasteiger partial charge in [-0.3, -0.25) is 10.1 Å². The van der Waals surface area contributed by atoms with Gasteiger partial charge in [0, 0.05) is 17.1 Å². The van der Waals surface area contributed by atoms with Gasteiger partial charge in [-0.2, -0.15) is 0 Å². The van der Waals surface area contributed by atoms with Gasteiger partial charge in [-0.1, -0.05) is 18.2 Å². The van der Waals surface area contributed by atoms with E-state index in [0.29, 0.717) is 22.8 Å². The first-order valence-corrected chi connectivity index (χ1v) is 11.8. The highest BCUT2D eigenvalue weighted by Gasteiger charge is 2.16. The van der Waals surface area contributed by atoms with E-state index < -0.39 is 15.9 Å². The number of carbonyl (C=O) groups excluding carboxylic acids is 1. The van der Waals surface area contributed by atoms with Crippen molar-refractivity contribution >= 4 is 44.9 Å². The molecular weight excluding hydrogens is 462 g/mol. The topological polar surface area (TPSA) is 122 Å². The average Bonchev–Trinajstić information content (AvgIpc) is 2.72. The fourth-order valence-electron chi connectivity index (χ4n) is 2.85. The molecule has 0 aliphatic rings. The molecule has 2 aromatic carbocycles. The first-order valence-electron chi connectivity index (χ1n) is 9.87. The molecule has 9 nitrogen and oxygen atoms in total. The van der Waals surface area contributed by atoms with Gasteiger partial charge in [0.1, 0.15) is 5.75 Å².